The highest BCUT2D eigenvalue weighted by molar-refractivity contribution is 5.45. The molecule has 1 aromatic rings. The van der Waals surface area contributed by atoms with Crippen LogP contribution in [0.2, 0.25) is 0 Å². The number of ether oxygens (including phenoxy) is 1. The first kappa shape index (κ1) is 15.7. The number of rotatable bonds is 8. The maximum atomic E-state index is 5.80. The Balaban J connectivity index is 2.74. The van der Waals surface area contributed by atoms with Crippen molar-refractivity contribution in [1.82, 2.24) is 9.97 Å². The van der Waals surface area contributed by atoms with Gasteiger partial charge in [-0.25, -0.2) is 9.97 Å². The Bertz CT molecular complexity index is 380. The maximum absolute atomic E-state index is 5.80. The van der Waals surface area contributed by atoms with E-state index in [0.717, 1.165) is 18.7 Å². The number of nitrogens with one attached hydrogen (secondary N) is 1. The predicted molar refractivity (Wildman–Crippen MR) is 78.9 cm³/mol. The van der Waals surface area contributed by atoms with Gasteiger partial charge in [0.05, 0.1) is 0 Å². The lowest BCUT2D eigenvalue weighted by atomic mass is 9.95. The molecule has 3 N–H and O–H groups in total. The summed E-state index contributed by atoms with van der Waals surface area (Å²) < 4.78 is 5.32. The van der Waals surface area contributed by atoms with Gasteiger partial charge < -0.3 is 15.8 Å². The van der Waals surface area contributed by atoms with Crippen LogP contribution in [0.15, 0.2) is 6.07 Å². The molecule has 108 valence electrons. The Labute approximate surface area is 116 Å². The lowest BCUT2D eigenvalue weighted by Crippen LogP contribution is -2.26. The van der Waals surface area contributed by atoms with Crippen LogP contribution >= 0.6 is 0 Å². The molecule has 0 radical (unpaired) electrons. The molecule has 1 unspecified atom stereocenters. The minimum absolute atomic E-state index is 0.365. The van der Waals surface area contributed by atoms with Crippen LogP contribution in [-0.2, 0) is 11.3 Å². The van der Waals surface area contributed by atoms with E-state index < -0.39 is 0 Å². The summed E-state index contributed by atoms with van der Waals surface area (Å²) in [7, 11) is 0. The summed E-state index contributed by atoms with van der Waals surface area (Å²) in [4.78, 5) is 8.60. The van der Waals surface area contributed by atoms with Crippen molar-refractivity contribution in [2.75, 3.05) is 17.7 Å². The van der Waals surface area contributed by atoms with Crippen LogP contribution in [0.1, 0.15) is 46.4 Å². The van der Waals surface area contributed by atoms with Gasteiger partial charge in [-0.15, -0.1) is 0 Å². The van der Waals surface area contributed by atoms with Gasteiger partial charge in [0.2, 0.25) is 0 Å². The molecule has 1 atom stereocenters. The minimum Gasteiger partial charge on any atom is -0.384 e. The molecule has 0 fully saturated rings. The molecule has 1 heterocycles. The second-order valence-electron chi connectivity index (χ2n) is 4.74. The van der Waals surface area contributed by atoms with E-state index in [-0.39, 0.29) is 0 Å². The van der Waals surface area contributed by atoms with Crippen molar-refractivity contribution in [3.05, 3.63) is 11.9 Å². The second-order valence-corrected chi connectivity index (χ2v) is 4.74. The largest absolute Gasteiger partial charge is 0.384 e. The molecule has 0 spiro atoms. The molecule has 0 saturated carbocycles. The topological polar surface area (TPSA) is 73.1 Å². The van der Waals surface area contributed by atoms with Gasteiger partial charge >= 0.3 is 0 Å². The number of hydrogen-bond acceptors (Lipinski definition) is 5. The van der Waals surface area contributed by atoms with Gasteiger partial charge in [-0.1, -0.05) is 26.7 Å². The molecule has 0 aliphatic carbocycles. The number of aromatic nitrogens is 2. The summed E-state index contributed by atoms with van der Waals surface area (Å²) in [5.41, 5.74) is 5.80. The molecule has 0 saturated heterocycles. The molecule has 0 bridgehead atoms. The van der Waals surface area contributed by atoms with Crippen LogP contribution in [0.4, 0.5) is 11.6 Å². The summed E-state index contributed by atoms with van der Waals surface area (Å²) in [6.45, 7) is 9.59. The van der Waals surface area contributed by atoms with Crippen LogP contribution < -0.4 is 11.1 Å². The van der Waals surface area contributed by atoms with Crippen molar-refractivity contribution < 1.29 is 4.74 Å². The molecular weight excluding hydrogens is 240 g/mol. The van der Waals surface area contributed by atoms with Gasteiger partial charge in [-0.3, -0.25) is 0 Å². The molecule has 5 heteroatoms. The van der Waals surface area contributed by atoms with Crippen molar-refractivity contribution in [3.63, 3.8) is 0 Å². The third kappa shape index (κ3) is 5.03. The van der Waals surface area contributed by atoms with Crippen LogP contribution in [-0.4, -0.2) is 22.6 Å². The fraction of sp³-hybridized carbons (Fsp3) is 0.714. The SMILES string of the molecule is CCOCc1nc(N)cc(NC(C)C(CC)CC)n1. The fourth-order valence-electron chi connectivity index (χ4n) is 2.20. The van der Waals surface area contributed by atoms with E-state index in [2.05, 4.69) is 36.1 Å². The highest BCUT2D eigenvalue weighted by Crippen LogP contribution is 2.18. The van der Waals surface area contributed by atoms with Crippen molar-refractivity contribution in [2.24, 2.45) is 5.92 Å². The standard InChI is InChI=1S/C14H26N4O/c1-5-11(6-2)10(4)16-13-8-12(15)17-14(18-13)9-19-7-3/h8,10-11H,5-7,9H2,1-4H3,(H3,15,16,17,18). The van der Waals surface area contributed by atoms with E-state index in [1.165, 1.54) is 0 Å². The first-order valence-electron chi connectivity index (χ1n) is 7.08. The van der Waals surface area contributed by atoms with Gasteiger partial charge in [0, 0.05) is 18.7 Å². The maximum Gasteiger partial charge on any atom is 0.158 e. The highest BCUT2D eigenvalue weighted by atomic mass is 16.5. The lowest BCUT2D eigenvalue weighted by Gasteiger charge is -2.23. The van der Waals surface area contributed by atoms with Gasteiger partial charge in [-0.2, -0.15) is 0 Å². The van der Waals surface area contributed by atoms with Crippen molar-refractivity contribution in [1.29, 1.82) is 0 Å². The van der Waals surface area contributed by atoms with Gasteiger partial charge in [0.15, 0.2) is 5.82 Å². The van der Waals surface area contributed by atoms with E-state index in [0.29, 0.717) is 36.8 Å². The van der Waals surface area contributed by atoms with Crippen molar-refractivity contribution in [2.45, 2.75) is 53.2 Å². The third-order valence-electron chi connectivity index (χ3n) is 3.36. The Kier molecular flexibility index (Phi) is 6.56. The number of anilines is 2. The Morgan fingerprint density at radius 1 is 1.26 bits per heavy atom. The molecule has 0 aliphatic rings. The van der Waals surface area contributed by atoms with E-state index in [1.807, 2.05) is 6.92 Å². The molecular formula is C14H26N4O. The van der Waals surface area contributed by atoms with Gasteiger partial charge in [-0.05, 0) is 19.8 Å². The first-order chi connectivity index (χ1) is 9.10. The zero-order valence-electron chi connectivity index (χ0n) is 12.4. The first-order valence-corrected chi connectivity index (χ1v) is 7.08. The molecule has 0 aromatic carbocycles. The Hall–Kier alpha value is -1.36. The predicted octanol–water partition coefficient (Wildman–Crippen LogP) is 2.83. The minimum atomic E-state index is 0.365. The summed E-state index contributed by atoms with van der Waals surface area (Å²) in [6, 6.07) is 2.14. The van der Waals surface area contributed by atoms with E-state index in [9.17, 15) is 0 Å². The Morgan fingerprint density at radius 2 is 1.95 bits per heavy atom. The summed E-state index contributed by atoms with van der Waals surface area (Å²) in [5.74, 6) is 2.51. The molecule has 1 rings (SSSR count). The lowest BCUT2D eigenvalue weighted by molar-refractivity contribution is 0.128. The van der Waals surface area contributed by atoms with E-state index in [1.54, 1.807) is 6.07 Å². The van der Waals surface area contributed by atoms with Gasteiger partial charge in [0.25, 0.3) is 0 Å². The molecule has 0 amide bonds. The molecule has 1 aromatic heterocycles. The van der Waals surface area contributed by atoms with Crippen molar-refractivity contribution >= 4 is 11.6 Å². The zero-order chi connectivity index (χ0) is 14.3. The van der Waals surface area contributed by atoms with Gasteiger partial charge in [0.1, 0.15) is 18.2 Å². The van der Waals surface area contributed by atoms with Crippen LogP contribution in [0.5, 0.6) is 0 Å². The highest BCUT2D eigenvalue weighted by Gasteiger charge is 2.14. The normalized spacial score (nSPS) is 12.7. The number of hydrogen-bond donors (Lipinski definition) is 2. The monoisotopic (exact) mass is 266 g/mol. The Morgan fingerprint density at radius 3 is 2.53 bits per heavy atom. The summed E-state index contributed by atoms with van der Waals surface area (Å²) in [6.07, 6.45) is 2.30. The molecule has 19 heavy (non-hydrogen) atoms. The zero-order valence-corrected chi connectivity index (χ0v) is 12.4. The summed E-state index contributed by atoms with van der Waals surface area (Å²) in [5, 5.41) is 3.41. The average molecular weight is 266 g/mol. The average Bonchev–Trinajstić information content (AvgIpc) is 2.37. The van der Waals surface area contributed by atoms with Crippen LogP contribution in [0, 0.1) is 5.92 Å². The number of nitrogen functional groups attached to an aromatic ring is 1. The summed E-state index contributed by atoms with van der Waals surface area (Å²) >= 11 is 0. The molecule has 0 aliphatic heterocycles. The van der Waals surface area contributed by atoms with Crippen LogP contribution in [0.3, 0.4) is 0 Å². The quantitative estimate of drug-likeness (QED) is 0.757. The van der Waals surface area contributed by atoms with Crippen molar-refractivity contribution in [3.8, 4) is 0 Å². The van der Waals surface area contributed by atoms with E-state index in [4.69, 9.17) is 10.5 Å². The number of nitrogens with two attached hydrogens (primary N) is 1. The third-order valence-corrected chi connectivity index (χ3v) is 3.36. The van der Waals surface area contributed by atoms with E-state index >= 15 is 0 Å². The number of nitrogens with zero attached hydrogens (tertiary/aromatic N) is 2. The molecule has 5 nitrogen and oxygen atoms in total. The second kappa shape index (κ2) is 7.94. The van der Waals surface area contributed by atoms with Crippen LogP contribution in [0.25, 0.3) is 0 Å². The smallest absolute Gasteiger partial charge is 0.158 e. The fourth-order valence-corrected chi connectivity index (χ4v) is 2.20.